The van der Waals surface area contributed by atoms with Crippen molar-refractivity contribution in [3.63, 3.8) is 0 Å². The van der Waals surface area contributed by atoms with E-state index in [0.717, 1.165) is 95.5 Å². The van der Waals surface area contributed by atoms with Crippen LogP contribution in [0.25, 0.3) is 6.08 Å². The Morgan fingerprint density at radius 1 is 0.426 bits per heavy atom. The third-order valence-electron chi connectivity index (χ3n) is 18.2. The van der Waals surface area contributed by atoms with E-state index in [2.05, 4.69) is 425 Å². The third-order valence-corrected chi connectivity index (χ3v) is 25.0. The van der Waals surface area contributed by atoms with Crippen molar-refractivity contribution in [2.45, 2.75) is 282 Å². The molecule has 0 aliphatic heterocycles. The predicted molar refractivity (Wildman–Crippen MR) is 657 cm³/mol. The maximum Gasteiger partial charge on any atom is 0.117 e. The third kappa shape index (κ3) is 93.0. The van der Waals surface area contributed by atoms with E-state index >= 15 is 0 Å². The van der Waals surface area contributed by atoms with Crippen LogP contribution in [0.5, 0.6) is 0 Å². The molecule has 27 heteroatoms. The van der Waals surface area contributed by atoms with Gasteiger partial charge in [-0.3, -0.25) is 0 Å². The molecule has 0 fully saturated rings. The Morgan fingerprint density at radius 3 is 1.44 bits per heavy atom. The Hall–Kier alpha value is 0.494. The minimum Gasteiger partial charge on any atom is -0.358 e. The van der Waals surface area contributed by atoms with Gasteiger partial charge in [0.25, 0.3) is 0 Å². The summed E-state index contributed by atoms with van der Waals surface area (Å²) < 4.78 is 46.8. The predicted octanol–water partition coefficient (Wildman–Crippen LogP) is 38.3. The zero-order chi connectivity index (χ0) is 100. The van der Waals surface area contributed by atoms with Crippen LogP contribution in [0, 0.1) is 135 Å². The van der Waals surface area contributed by atoms with Gasteiger partial charge in [0.1, 0.15) is 12.2 Å². The molecule has 25 atom stereocenters. The Bertz CT molecular complexity index is 4030. The number of unbranched alkanes of at least 4 members (excludes halogenated alkanes) is 3. The first kappa shape index (κ1) is 147. The molecule has 3 aromatic rings. The van der Waals surface area contributed by atoms with E-state index in [0.29, 0.717) is 62.0 Å². The monoisotopic (exact) mass is 2610 g/mol. The summed E-state index contributed by atoms with van der Waals surface area (Å²) in [6.07, 6.45) is 97.0. The molecule has 0 amide bonds. The van der Waals surface area contributed by atoms with Crippen molar-refractivity contribution in [2.24, 2.45) is 23.7 Å². The smallest absolute Gasteiger partial charge is 0.117 e. The number of allylic oxidation sites excluding steroid dienone is 28. The molecule has 25 unspecified atom stereocenters. The quantitative estimate of drug-likeness (QED) is 0.0182. The second-order valence-corrected chi connectivity index (χ2v) is 51.2. The zero-order valence-electron chi connectivity index (χ0n) is 84.9. The van der Waals surface area contributed by atoms with Gasteiger partial charge in [0.05, 0.1) is 59.2 Å². The van der Waals surface area contributed by atoms with E-state index in [1.165, 1.54) is 41.5 Å². The van der Waals surface area contributed by atoms with Crippen LogP contribution in [0.1, 0.15) is 266 Å². The topological polar surface area (TPSA) is 73.8 Å². The van der Waals surface area contributed by atoms with E-state index in [4.69, 9.17) is 36.2 Å². The fraction of sp³-hybridized carbons (Fsp3) is 0.431. The van der Waals surface area contributed by atoms with E-state index < -0.39 is 22.6 Å². The van der Waals surface area contributed by atoms with Crippen LogP contribution in [0.4, 0.5) is 0 Å². The van der Waals surface area contributed by atoms with Gasteiger partial charge in [-0.25, -0.2) is 19.1 Å². The summed E-state index contributed by atoms with van der Waals surface area (Å²) in [7, 11) is 28.1. The van der Waals surface area contributed by atoms with Gasteiger partial charge >= 0.3 is 0 Å². The van der Waals surface area contributed by atoms with Crippen LogP contribution in [-0.2, 0) is 42.6 Å². The molecule has 0 bridgehead atoms. The molecule has 0 aromatic heterocycles. The van der Waals surface area contributed by atoms with Crippen molar-refractivity contribution in [3.8, 4) is 35.5 Å². The molecule has 0 heterocycles. The molecular weight excluding hydrogens is 2440 g/mol. The molecule has 754 valence electrons. The second kappa shape index (κ2) is 114. The van der Waals surface area contributed by atoms with Crippen molar-refractivity contribution in [2.75, 3.05) is 0 Å². The van der Waals surface area contributed by atoms with Crippen LogP contribution in [-0.4, -0.2) is 36.6 Å². The van der Waals surface area contributed by atoms with Gasteiger partial charge in [-0.05, 0) is 116 Å². The molecular formula is C109H175O8P17U2-2. The van der Waals surface area contributed by atoms with Crippen molar-refractivity contribution in [3.05, 3.63) is 333 Å². The average molecular weight is 2620 g/mol. The zero-order valence-corrected chi connectivity index (χ0v) is 112. The molecule has 0 aliphatic rings. The molecule has 3 aromatic carbocycles. The van der Waals surface area contributed by atoms with Gasteiger partial charge < -0.3 is 36.2 Å². The van der Waals surface area contributed by atoms with Gasteiger partial charge in [-0.15, -0.1) is 41.4 Å². The first-order valence-electron chi connectivity index (χ1n) is 47.3. The molecule has 0 N–H and O–H groups in total. The molecule has 0 aliphatic carbocycles. The fourth-order valence-electron chi connectivity index (χ4n) is 11.4. The normalized spacial score (nSPS) is 14.6. The van der Waals surface area contributed by atoms with Crippen molar-refractivity contribution < 1.29 is 98.4 Å². The van der Waals surface area contributed by atoms with Crippen molar-refractivity contribution >= 4 is 153 Å². The standard InChI is InChI=1S/C23H36O3P6.2C23H37O2P5.C22H34OP.C14H19.2C2H6.2U/c1-2-3-4-12-17-21(24-27)18-13-7-5-6-8-14-19-22(26-32(29)30)23(25-31-28)20-15-10-9-11-16-20;1-4-6-8-10-13-19(3)22(24-29-26)18-17-20-14-11-12-15-21(20)23(25-30(27)28)16-9-7-5-2;1-4-6-8-14-17-21(3)23(24-29-26)20-16-12-10-9-11-15-19-22(25-30(27)28)18-13-7-5-2;1-4-6-18-21(3)19-15-13-11-9-7-8-10-12-14-16-20-22(23-24)17-5-2;1-4-13-9-5-6-10-14(13)11-7-8-12(2)3;2*1-2;;/h4-16,18-19,21-23,31H,2-3,17,27-30H2,1H3;8,10-12,14-15,17-19,22-23,29H,4-6,13,16,26-28H2,1-3H3;8,10,12,14-16,19-23,29H,4-6,17-18,26-28H2,1-3H3;4,6-8,11-16,19-22H,1,5,9-10,17-18,24H2,2-3H3;4-10,12H,11H2,1-3H3;2*1-2H3;;/q;;;2*-1;;;;/b7-5-,8-6+,12-4-,18-13+,19-14+;10-8-,18-17+;12-10+,14-8-,19-15+,20-16+;6-4-,8-7-,13-11-,14-12-,19-15+,20-16+;8-7+;;;;. The Kier molecular flexibility index (Phi) is 124. The van der Waals surface area contributed by atoms with Crippen LogP contribution in [0.15, 0.2) is 292 Å². The van der Waals surface area contributed by atoms with Gasteiger partial charge in [0.15, 0.2) is 0 Å². The van der Waals surface area contributed by atoms with Crippen LogP contribution in [0.3, 0.4) is 0 Å². The number of benzene rings is 3. The fourth-order valence-corrected chi connectivity index (χ4v) is 18.6. The van der Waals surface area contributed by atoms with E-state index in [1.807, 2.05) is 132 Å². The molecule has 3 rings (SSSR count). The van der Waals surface area contributed by atoms with Crippen LogP contribution < -0.4 is 0 Å². The molecule has 0 radical (unpaired) electrons. The maximum absolute atomic E-state index is 6.21. The maximum atomic E-state index is 6.21. The first-order chi connectivity index (χ1) is 65.2. The van der Waals surface area contributed by atoms with Crippen LogP contribution in [0.2, 0.25) is 0 Å². The summed E-state index contributed by atoms with van der Waals surface area (Å²) in [4.78, 5) is 0. The number of rotatable bonds is 59. The second-order valence-electron chi connectivity index (χ2n) is 29.8. The largest absolute Gasteiger partial charge is 0.358 e. The minimum atomic E-state index is -0.688. The Balaban J connectivity index is -0.000000390. The molecule has 0 saturated carbocycles. The van der Waals surface area contributed by atoms with E-state index in [-0.39, 0.29) is 111 Å². The summed E-state index contributed by atoms with van der Waals surface area (Å²) in [5, 5.41) is 0. The summed E-state index contributed by atoms with van der Waals surface area (Å²) in [6, 6.07) is 27.2. The van der Waals surface area contributed by atoms with Crippen molar-refractivity contribution in [1.82, 2.24) is 0 Å². The van der Waals surface area contributed by atoms with E-state index in [9.17, 15) is 0 Å². The molecule has 0 saturated heterocycles. The number of hydrogen-bond donors (Lipinski definition) is 0. The molecule has 8 nitrogen and oxygen atoms in total. The minimum absolute atomic E-state index is 0. The van der Waals surface area contributed by atoms with Gasteiger partial charge in [0.2, 0.25) is 0 Å². The summed E-state index contributed by atoms with van der Waals surface area (Å²) >= 11 is 0. The number of hydrogen-bond acceptors (Lipinski definition) is 8. The Morgan fingerprint density at radius 2 is 0.912 bits per heavy atom. The molecule has 136 heavy (non-hydrogen) atoms. The summed E-state index contributed by atoms with van der Waals surface area (Å²) in [5.41, 5.74) is 6.21. The van der Waals surface area contributed by atoms with Gasteiger partial charge in [-0.2, -0.15) is 18.1 Å². The van der Waals surface area contributed by atoms with Crippen molar-refractivity contribution in [1.29, 1.82) is 0 Å². The van der Waals surface area contributed by atoms with Gasteiger partial charge in [-0.1, -0.05) is 491 Å². The Labute approximate surface area is 916 Å². The molecule has 0 spiro atoms. The summed E-state index contributed by atoms with van der Waals surface area (Å²) in [6.45, 7) is 37.7. The van der Waals surface area contributed by atoms with E-state index in [1.54, 1.807) is 0 Å². The average Bonchev–Trinajstić information content (AvgIpc) is 0.846. The summed E-state index contributed by atoms with van der Waals surface area (Å²) in [5.74, 6) is 20.8. The first-order valence-corrected chi connectivity index (χ1v) is 69.9. The van der Waals surface area contributed by atoms with Gasteiger partial charge in [0, 0.05) is 132 Å². The SMILES string of the molecule is CC.CC.CCC#CCC(/C=C/C#C/C=C/C=C/C(OPP)C(C)C/C=C\CCC)OP(P)P.CCC#CCC(OP(P)P)c1ccccc1/C=C/C(OPP)C(C)C/C=C\CCC.CCC/C=C\CC(/C=C/C=C\C=C\C=C\C(OP(P)P)C(OPP)c1ccccc1)OP.C[CH-]c1ccccc1C/C=C/C(C)C.[CH2-]/C=C\CC(C)/C=C/C=C\C/C=C\C/C=C\C=C\C(CCC)OP.[U].[U]. The van der Waals surface area contributed by atoms with Crippen LogP contribution >= 0.6 is 147 Å².